The molecule has 0 atom stereocenters. The third kappa shape index (κ3) is 5.97. The quantitative estimate of drug-likeness (QED) is 0.281. The number of hydrogen-bond acceptors (Lipinski definition) is 5. The summed E-state index contributed by atoms with van der Waals surface area (Å²) in [6.07, 6.45) is 1.89. The highest BCUT2D eigenvalue weighted by Crippen LogP contribution is 2.26. The van der Waals surface area contributed by atoms with Crippen molar-refractivity contribution >= 4 is 57.5 Å². The third-order valence-electron chi connectivity index (χ3n) is 4.69. The lowest BCUT2D eigenvalue weighted by atomic mass is 10.1. The summed E-state index contributed by atoms with van der Waals surface area (Å²) in [5.74, 6) is 0.331. The van der Waals surface area contributed by atoms with Crippen LogP contribution in [0.3, 0.4) is 0 Å². The van der Waals surface area contributed by atoms with Gasteiger partial charge in [0, 0.05) is 26.7 Å². The normalized spacial score (nSPS) is 11.1. The average molecular weight is 475 g/mol. The summed E-state index contributed by atoms with van der Waals surface area (Å²) in [4.78, 5) is 27.5. The van der Waals surface area contributed by atoms with Gasteiger partial charge in [0.1, 0.15) is 5.75 Å². The van der Waals surface area contributed by atoms with Gasteiger partial charge in [-0.1, -0.05) is 12.1 Å². The van der Waals surface area contributed by atoms with E-state index in [1.807, 2.05) is 60.2 Å². The fourth-order valence-corrected chi connectivity index (χ4v) is 4.50. The maximum absolute atomic E-state index is 13.0. The number of hydrogen-bond donors (Lipinski definition) is 2. The first-order valence-electron chi connectivity index (χ1n) is 10.4. The molecule has 0 radical (unpaired) electrons. The van der Waals surface area contributed by atoms with E-state index in [0.717, 1.165) is 15.5 Å². The second kappa shape index (κ2) is 10.8. The van der Waals surface area contributed by atoms with E-state index >= 15 is 0 Å². The maximum atomic E-state index is 13.0. The molecule has 5 nitrogen and oxygen atoms in total. The SMILES string of the molecule is CCOc1ccc(NC(=O)c2ccc(NC(=O)C(=Cc3cccs3)c3cccs3)cc2)cc1. The summed E-state index contributed by atoms with van der Waals surface area (Å²) in [5, 5.41) is 9.72. The first-order chi connectivity index (χ1) is 16.1. The number of carbonyl (C=O) groups is 2. The smallest absolute Gasteiger partial charge is 0.257 e. The minimum absolute atomic E-state index is 0.197. The number of rotatable bonds is 8. The molecule has 0 spiro atoms. The van der Waals surface area contributed by atoms with E-state index in [1.165, 1.54) is 11.3 Å². The molecule has 0 saturated heterocycles. The Hall–Kier alpha value is -3.68. The van der Waals surface area contributed by atoms with Crippen LogP contribution < -0.4 is 15.4 Å². The van der Waals surface area contributed by atoms with Crippen molar-refractivity contribution in [3.8, 4) is 5.75 Å². The molecule has 0 unspecified atom stereocenters. The van der Waals surface area contributed by atoms with Crippen molar-refractivity contribution in [3.63, 3.8) is 0 Å². The Bertz CT molecular complexity index is 1230. The molecular weight excluding hydrogens is 452 g/mol. The van der Waals surface area contributed by atoms with E-state index < -0.39 is 0 Å². The number of benzene rings is 2. The van der Waals surface area contributed by atoms with Gasteiger partial charge in [0.15, 0.2) is 0 Å². The Morgan fingerprint density at radius 2 is 1.52 bits per heavy atom. The van der Waals surface area contributed by atoms with Gasteiger partial charge in [0.05, 0.1) is 12.2 Å². The predicted molar refractivity (Wildman–Crippen MR) is 137 cm³/mol. The summed E-state index contributed by atoms with van der Waals surface area (Å²) in [5.41, 5.74) is 2.39. The molecule has 0 aliphatic rings. The number of amides is 2. The van der Waals surface area contributed by atoms with Crippen molar-refractivity contribution in [1.29, 1.82) is 0 Å². The molecule has 0 aliphatic heterocycles. The molecule has 0 bridgehead atoms. The Balaban J connectivity index is 1.43. The van der Waals surface area contributed by atoms with Gasteiger partial charge in [-0.3, -0.25) is 9.59 Å². The summed E-state index contributed by atoms with van der Waals surface area (Å²) in [6.45, 7) is 2.51. The minimum Gasteiger partial charge on any atom is -0.494 e. The molecule has 0 saturated carbocycles. The topological polar surface area (TPSA) is 67.4 Å². The second-order valence-electron chi connectivity index (χ2n) is 6.99. The molecule has 7 heteroatoms. The molecular formula is C26H22N2O3S2. The zero-order valence-electron chi connectivity index (χ0n) is 17.9. The van der Waals surface area contributed by atoms with Crippen LogP contribution in [0.4, 0.5) is 11.4 Å². The lowest BCUT2D eigenvalue weighted by molar-refractivity contribution is -0.111. The van der Waals surface area contributed by atoms with Gasteiger partial charge in [-0.25, -0.2) is 0 Å². The first kappa shape index (κ1) is 22.5. The molecule has 0 aliphatic carbocycles. The van der Waals surface area contributed by atoms with E-state index in [4.69, 9.17) is 4.74 Å². The fraction of sp³-hybridized carbons (Fsp3) is 0.0769. The zero-order valence-corrected chi connectivity index (χ0v) is 19.5. The molecule has 4 aromatic rings. The van der Waals surface area contributed by atoms with E-state index in [9.17, 15) is 9.59 Å². The van der Waals surface area contributed by atoms with Gasteiger partial charge < -0.3 is 15.4 Å². The van der Waals surface area contributed by atoms with Crippen molar-refractivity contribution < 1.29 is 14.3 Å². The summed E-state index contributed by atoms with van der Waals surface area (Å²) < 4.78 is 5.41. The highest BCUT2D eigenvalue weighted by atomic mass is 32.1. The summed E-state index contributed by atoms with van der Waals surface area (Å²) in [7, 11) is 0. The Morgan fingerprint density at radius 1 is 0.848 bits per heavy atom. The van der Waals surface area contributed by atoms with Crippen LogP contribution in [0.5, 0.6) is 5.75 Å². The van der Waals surface area contributed by atoms with Crippen molar-refractivity contribution in [2.75, 3.05) is 17.2 Å². The van der Waals surface area contributed by atoms with Gasteiger partial charge in [0.25, 0.3) is 11.8 Å². The van der Waals surface area contributed by atoms with Crippen LogP contribution in [0.25, 0.3) is 11.6 Å². The molecule has 2 N–H and O–H groups in total. The highest BCUT2D eigenvalue weighted by Gasteiger charge is 2.14. The van der Waals surface area contributed by atoms with Crippen LogP contribution in [0, 0.1) is 0 Å². The van der Waals surface area contributed by atoms with Crippen LogP contribution in [0.2, 0.25) is 0 Å². The molecule has 4 rings (SSSR count). The molecule has 2 aromatic heterocycles. The molecule has 0 fully saturated rings. The van der Waals surface area contributed by atoms with E-state index in [2.05, 4.69) is 10.6 Å². The van der Waals surface area contributed by atoms with Gasteiger partial charge in [-0.15, -0.1) is 22.7 Å². The molecule has 166 valence electrons. The molecule has 2 amide bonds. The maximum Gasteiger partial charge on any atom is 0.257 e. The molecule has 33 heavy (non-hydrogen) atoms. The van der Waals surface area contributed by atoms with Crippen LogP contribution >= 0.6 is 22.7 Å². The van der Waals surface area contributed by atoms with Gasteiger partial charge in [-0.2, -0.15) is 0 Å². The minimum atomic E-state index is -0.228. The Kier molecular flexibility index (Phi) is 7.34. The average Bonchev–Trinajstić information content (AvgIpc) is 3.54. The number of thiophene rings is 2. The van der Waals surface area contributed by atoms with Crippen molar-refractivity contribution in [3.05, 3.63) is 98.9 Å². The summed E-state index contributed by atoms with van der Waals surface area (Å²) >= 11 is 3.10. The number of nitrogens with one attached hydrogen (secondary N) is 2. The molecule has 2 aromatic carbocycles. The van der Waals surface area contributed by atoms with E-state index in [1.54, 1.807) is 47.7 Å². The highest BCUT2D eigenvalue weighted by molar-refractivity contribution is 7.12. The number of ether oxygens (including phenoxy) is 1. The first-order valence-corrected chi connectivity index (χ1v) is 12.1. The number of carbonyl (C=O) groups excluding carboxylic acids is 2. The van der Waals surface area contributed by atoms with Crippen LogP contribution in [0.1, 0.15) is 27.0 Å². The second-order valence-corrected chi connectivity index (χ2v) is 8.92. The van der Waals surface area contributed by atoms with E-state index in [0.29, 0.717) is 29.1 Å². The van der Waals surface area contributed by atoms with Gasteiger partial charge >= 0.3 is 0 Å². The lowest BCUT2D eigenvalue weighted by Gasteiger charge is -2.10. The van der Waals surface area contributed by atoms with Crippen molar-refractivity contribution in [2.45, 2.75) is 6.92 Å². The standard InChI is InChI=1S/C26H22N2O3S2/c1-2-31-21-13-11-20(12-14-21)27-25(29)18-7-9-19(10-8-18)28-26(30)23(24-6-4-16-33-24)17-22-5-3-15-32-22/h3-17H,2H2,1H3,(H,27,29)(H,28,30). The monoisotopic (exact) mass is 474 g/mol. The fourth-order valence-electron chi connectivity index (χ4n) is 3.10. The molecule has 2 heterocycles. The Morgan fingerprint density at radius 3 is 2.15 bits per heavy atom. The number of anilines is 2. The Labute approximate surface area is 200 Å². The van der Waals surface area contributed by atoms with Crippen molar-refractivity contribution in [2.24, 2.45) is 0 Å². The van der Waals surface area contributed by atoms with E-state index in [-0.39, 0.29) is 11.8 Å². The van der Waals surface area contributed by atoms with Gasteiger partial charge in [0.2, 0.25) is 0 Å². The van der Waals surface area contributed by atoms with Crippen LogP contribution in [-0.4, -0.2) is 18.4 Å². The van der Waals surface area contributed by atoms with Crippen LogP contribution in [0.15, 0.2) is 83.6 Å². The lowest BCUT2D eigenvalue weighted by Crippen LogP contribution is -2.14. The predicted octanol–water partition coefficient (Wildman–Crippen LogP) is 6.64. The third-order valence-corrected chi connectivity index (χ3v) is 6.41. The van der Waals surface area contributed by atoms with Gasteiger partial charge in [-0.05, 0) is 84.4 Å². The van der Waals surface area contributed by atoms with Crippen molar-refractivity contribution in [1.82, 2.24) is 0 Å². The summed E-state index contributed by atoms with van der Waals surface area (Å²) in [6, 6.07) is 21.8. The van der Waals surface area contributed by atoms with Crippen LogP contribution in [-0.2, 0) is 4.79 Å². The zero-order chi connectivity index (χ0) is 23.0. The largest absolute Gasteiger partial charge is 0.494 e.